The van der Waals surface area contributed by atoms with E-state index >= 15 is 0 Å². The van der Waals surface area contributed by atoms with Crippen molar-refractivity contribution in [3.8, 4) is 17.6 Å². The van der Waals surface area contributed by atoms with E-state index in [4.69, 9.17) is 21.1 Å². The van der Waals surface area contributed by atoms with Gasteiger partial charge >= 0.3 is 0 Å². The number of nitrogens with zero attached hydrogens (tertiary/aromatic N) is 1. The fourth-order valence-corrected chi connectivity index (χ4v) is 2.78. The van der Waals surface area contributed by atoms with Crippen LogP contribution < -0.4 is 14.8 Å². The summed E-state index contributed by atoms with van der Waals surface area (Å²) in [4.78, 5) is 12.5. The summed E-state index contributed by atoms with van der Waals surface area (Å²) in [5.41, 5.74) is 2.09. The van der Waals surface area contributed by atoms with Crippen molar-refractivity contribution < 1.29 is 14.3 Å². The molecule has 0 spiro atoms. The molecule has 0 saturated heterocycles. The first-order chi connectivity index (χ1) is 14.6. The Morgan fingerprint density at radius 1 is 1.10 bits per heavy atom. The lowest BCUT2D eigenvalue weighted by Crippen LogP contribution is -2.13. The van der Waals surface area contributed by atoms with Crippen LogP contribution in [0, 0.1) is 11.3 Å². The van der Waals surface area contributed by atoms with E-state index in [9.17, 15) is 10.1 Å². The molecule has 0 heterocycles. The molecule has 6 heteroatoms. The first-order valence-electron chi connectivity index (χ1n) is 9.12. The fraction of sp³-hybridized carbons (Fsp3) is 0.0833. The Labute approximate surface area is 180 Å². The normalized spacial score (nSPS) is 10.8. The van der Waals surface area contributed by atoms with Crippen LogP contribution in [0.3, 0.4) is 0 Å². The van der Waals surface area contributed by atoms with Crippen LogP contribution in [0.1, 0.15) is 11.1 Å². The molecule has 0 atom stereocenters. The van der Waals surface area contributed by atoms with Gasteiger partial charge in [0.15, 0.2) is 0 Å². The number of carbonyl (C=O) groups excluding carboxylic acids is 1. The van der Waals surface area contributed by atoms with Crippen LogP contribution in [0.5, 0.6) is 11.5 Å². The monoisotopic (exact) mass is 418 g/mol. The van der Waals surface area contributed by atoms with Crippen LogP contribution in [0.4, 0.5) is 5.69 Å². The van der Waals surface area contributed by atoms with Gasteiger partial charge in [-0.15, -0.1) is 0 Å². The Balaban J connectivity index is 1.84. The average Bonchev–Trinajstić information content (AvgIpc) is 2.78. The maximum absolute atomic E-state index is 12.5. The number of anilines is 1. The number of para-hydroxylation sites is 1. The molecule has 0 aliphatic heterocycles. The lowest BCUT2D eigenvalue weighted by atomic mass is 10.1. The van der Waals surface area contributed by atoms with E-state index in [0.29, 0.717) is 34.4 Å². The summed E-state index contributed by atoms with van der Waals surface area (Å²) in [6.07, 6.45) is 1.49. The molecule has 0 saturated carbocycles. The predicted octanol–water partition coefficient (Wildman–Crippen LogP) is 5.47. The third-order valence-electron chi connectivity index (χ3n) is 4.22. The minimum absolute atomic E-state index is 0.0413. The zero-order valence-electron chi connectivity index (χ0n) is 16.3. The van der Waals surface area contributed by atoms with E-state index in [-0.39, 0.29) is 5.57 Å². The molecule has 150 valence electrons. The Morgan fingerprint density at radius 3 is 2.50 bits per heavy atom. The van der Waals surface area contributed by atoms with Gasteiger partial charge in [-0.05, 0) is 48.0 Å². The van der Waals surface area contributed by atoms with Gasteiger partial charge in [0.2, 0.25) is 0 Å². The third-order valence-corrected chi connectivity index (χ3v) is 4.48. The number of methoxy groups -OCH3 is 1. The molecule has 1 N–H and O–H groups in total. The van der Waals surface area contributed by atoms with Gasteiger partial charge in [-0.25, -0.2) is 0 Å². The number of hydrogen-bond acceptors (Lipinski definition) is 4. The topological polar surface area (TPSA) is 71.3 Å². The molecule has 5 nitrogen and oxygen atoms in total. The highest BCUT2D eigenvalue weighted by Gasteiger charge is 2.12. The molecule has 3 aromatic rings. The Kier molecular flexibility index (Phi) is 7.09. The maximum atomic E-state index is 12.5. The number of amides is 1. The number of rotatable bonds is 7. The summed E-state index contributed by atoms with van der Waals surface area (Å²) in [6.45, 7) is 0.295. The average molecular weight is 419 g/mol. The molecule has 1 amide bonds. The van der Waals surface area contributed by atoms with Crippen LogP contribution in [0.25, 0.3) is 6.08 Å². The lowest BCUT2D eigenvalue weighted by molar-refractivity contribution is -0.112. The minimum Gasteiger partial charge on any atom is -0.497 e. The Morgan fingerprint density at radius 2 is 1.83 bits per heavy atom. The highest BCUT2D eigenvalue weighted by atomic mass is 35.5. The van der Waals surface area contributed by atoms with Gasteiger partial charge in [0.05, 0.1) is 7.11 Å². The van der Waals surface area contributed by atoms with Gasteiger partial charge in [0.1, 0.15) is 29.7 Å². The molecule has 0 unspecified atom stereocenters. The summed E-state index contributed by atoms with van der Waals surface area (Å²) < 4.78 is 11.2. The largest absolute Gasteiger partial charge is 0.497 e. The maximum Gasteiger partial charge on any atom is 0.266 e. The second kappa shape index (κ2) is 10.1. The number of ether oxygens (including phenoxy) is 2. The van der Waals surface area contributed by atoms with Crippen molar-refractivity contribution in [3.63, 3.8) is 0 Å². The standard InChI is InChI=1S/C24H19ClN2O3/c1-29-22-12-9-18(23(14-22)30-16-17-7-10-20(25)11-8-17)13-19(15-26)24(28)27-21-5-3-2-4-6-21/h2-14H,16H2,1H3,(H,27,28)/b19-13+. The van der Waals surface area contributed by atoms with Crippen molar-refractivity contribution in [3.05, 3.63) is 94.5 Å². The SMILES string of the molecule is COc1ccc(/C=C(\C#N)C(=O)Nc2ccccc2)c(OCc2ccc(Cl)cc2)c1. The molecular weight excluding hydrogens is 400 g/mol. The van der Waals surface area contributed by atoms with E-state index in [1.54, 1.807) is 61.7 Å². The van der Waals surface area contributed by atoms with Gasteiger partial charge in [0, 0.05) is 22.3 Å². The van der Waals surface area contributed by atoms with Gasteiger partial charge in [0.25, 0.3) is 5.91 Å². The van der Waals surface area contributed by atoms with Crippen LogP contribution in [0.2, 0.25) is 5.02 Å². The van der Waals surface area contributed by atoms with E-state index in [1.807, 2.05) is 24.3 Å². The van der Waals surface area contributed by atoms with Crippen molar-refractivity contribution in [2.75, 3.05) is 12.4 Å². The van der Waals surface area contributed by atoms with E-state index < -0.39 is 5.91 Å². The first-order valence-corrected chi connectivity index (χ1v) is 9.50. The molecule has 0 aromatic heterocycles. The summed E-state index contributed by atoms with van der Waals surface area (Å²) in [7, 11) is 1.56. The zero-order chi connectivity index (χ0) is 21.3. The van der Waals surface area contributed by atoms with Crippen LogP contribution in [0.15, 0.2) is 78.4 Å². The van der Waals surface area contributed by atoms with E-state index in [1.165, 1.54) is 6.08 Å². The molecule has 0 radical (unpaired) electrons. The number of nitriles is 1. The zero-order valence-corrected chi connectivity index (χ0v) is 17.0. The van der Waals surface area contributed by atoms with E-state index in [0.717, 1.165) is 5.56 Å². The Hall–Kier alpha value is -3.75. The molecule has 3 aromatic carbocycles. The smallest absolute Gasteiger partial charge is 0.266 e. The van der Waals surface area contributed by atoms with Crippen molar-refractivity contribution in [2.45, 2.75) is 6.61 Å². The number of benzene rings is 3. The molecular formula is C24H19ClN2O3. The molecule has 0 aliphatic carbocycles. The summed E-state index contributed by atoms with van der Waals surface area (Å²) in [5, 5.41) is 12.9. The van der Waals surface area contributed by atoms with E-state index in [2.05, 4.69) is 5.32 Å². The van der Waals surface area contributed by atoms with Crippen LogP contribution >= 0.6 is 11.6 Å². The molecule has 0 bridgehead atoms. The van der Waals surface area contributed by atoms with Crippen molar-refractivity contribution in [2.24, 2.45) is 0 Å². The summed E-state index contributed by atoms with van der Waals surface area (Å²) >= 11 is 5.92. The highest BCUT2D eigenvalue weighted by molar-refractivity contribution is 6.30. The van der Waals surface area contributed by atoms with Gasteiger partial charge < -0.3 is 14.8 Å². The Bertz CT molecular complexity index is 1090. The van der Waals surface area contributed by atoms with Gasteiger partial charge in [-0.2, -0.15) is 5.26 Å². The fourth-order valence-electron chi connectivity index (χ4n) is 2.65. The second-order valence-electron chi connectivity index (χ2n) is 6.31. The summed E-state index contributed by atoms with van der Waals surface area (Å²) in [5.74, 6) is 0.596. The number of carbonyl (C=O) groups is 1. The summed E-state index contributed by atoms with van der Waals surface area (Å²) in [6, 6.07) is 23.4. The van der Waals surface area contributed by atoms with Crippen molar-refractivity contribution in [1.82, 2.24) is 0 Å². The van der Waals surface area contributed by atoms with Crippen LogP contribution in [-0.4, -0.2) is 13.0 Å². The number of nitrogens with one attached hydrogen (secondary N) is 1. The van der Waals surface area contributed by atoms with Crippen molar-refractivity contribution in [1.29, 1.82) is 5.26 Å². The number of hydrogen-bond donors (Lipinski definition) is 1. The quantitative estimate of drug-likeness (QED) is 0.407. The number of halogens is 1. The lowest BCUT2D eigenvalue weighted by Gasteiger charge is -2.12. The van der Waals surface area contributed by atoms with Gasteiger partial charge in [-0.3, -0.25) is 4.79 Å². The van der Waals surface area contributed by atoms with Crippen LogP contribution in [-0.2, 0) is 11.4 Å². The molecule has 3 rings (SSSR count). The molecule has 0 aliphatic rings. The minimum atomic E-state index is -0.497. The third kappa shape index (κ3) is 5.63. The highest BCUT2D eigenvalue weighted by Crippen LogP contribution is 2.28. The second-order valence-corrected chi connectivity index (χ2v) is 6.75. The molecule has 30 heavy (non-hydrogen) atoms. The molecule has 0 fully saturated rings. The predicted molar refractivity (Wildman–Crippen MR) is 117 cm³/mol. The first kappa shape index (κ1) is 21.0. The van der Waals surface area contributed by atoms with Gasteiger partial charge in [-0.1, -0.05) is 41.9 Å². The van der Waals surface area contributed by atoms with Crippen molar-refractivity contribution >= 4 is 29.3 Å².